The first-order chi connectivity index (χ1) is 9.56. The van der Waals surface area contributed by atoms with Crippen molar-refractivity contribution >= 4 is 11.8 Å². The Hall–Kier alpha value is -2.37. The molecule has 0 spiro atoms. The first-order valence-corrected chi connectivity index (χ1v) is 6.51. The van der Waals surface area contributed by atoms with Crippen LogP contribution in [0.1, 0.15) is 35.8 Å². The molecule has 0 bridgehead atoms. The summed E-state index contributed by atoms with van der Waals surface area (Å²) in [5, 5.41) is 12.3. The summed E-state index contributed by atoms with van der Waals surface area (Å²) in [6, 6.07) is 3.18. The molecule has 2 rings (SSSR count). The van der Waals surface area contributed by atoms with Crippen LogP contribution in [0.5, 0.6) is 0 Å². The molecule has 0 radical (unpaired) electrons. The van der Waals surface area contributed by atoms with Crippen molar-refractivity contribution < 1.29 is 9.90 Å². The third-order valence-electron chi connectivity index (χ3n) is 2.92. The molecule has 20 heavy (non-hydrogen) atoms. The molecular formula is C14H18N4O2. The second-order valence-electron chi connectivity index (χ2n) is 4.85. The number of imidazole rings is 1. The largest absolute Gasteiger partial charge is 0.478 e. The number of hydrogen-bond donors (Lipinski definition) is 2. The number of carboxylic acids is 1. The molecular weight excluding hydrogens is 256 g/mol. The normalized spacial score (nSPS) is 10.8. The molecule has 0 amide bonds. The van der Waals surface area contributed by atoms with Gasteiger partial charge in [-0.15, -0.1) is 0 Å². The summed E-state index contributed by atoms with van der Waals surface area (Å²) in [6.45, 7) is 5.38. The molecule has 0 aliphatic rings. The lowest BCUT2D eigenvalue weighted by molar-refractivity contribution is 0.0696. The van der Waals surface area contributed by atoms with Crippen molar-refractivity contribution in [3.05, 3.63) is 42.1 Å². The first-order valence-electron chi connectivity index (χ1n) is 6.51. The van der Waals surface area contributed by atoms with Gasteiger partial charge in [-0.05, 0) is 18.1 Å². The van der Waals surface area contributed by atoms with Crippen LogP contribution in [-0.2, 0) is 6.54 Å². The molecule has 6 nitrogen and oxygen atoms in total. The van der Waals surface area contributed by atoms with Crippen LogP contribution < -0.4 is 5.32 Å². The zero-order valence-corrected chi connectivity index (χ0v) is 11.6. The van der Waals surface area contributed by atoms with Crippen molar-refractivity contribution in [1.82, 2.24) is 14.5 Å². The number of aromatic nitrogens is 3. The third kappa shape index (κ3) is 3.57. The second-order valence-corrected chi connectivity index (χ2v) is 4.85. The van der Waals surface area contributed by atoms with E-state index in [0.29, 0.717) is 12.4 Å². The van der Waals surface area contributed by atoms with E-state index in [4.69, 9.17) is 5.11 Å². The molecule has 0 unspecified atom stereocenters. The molecule has 0 fully saturated rings. The van der Waals surface area contributed by atoms with Crippen LogP contribution in [0.2, 0.25) is 0 Å². The van der Waals surface area contributed by atoms with E-state index in [0.717, 1.165) is 12.2 Å². The van der Waals surface area contributed by atoms with Crippen LogP contribution in [0.3, 0.4) is 0 Å². The number of rotatable bonds is 6. The van der Waals surface area contributed by atoms with Gasteiger partial charge in [0, 0.05) is 31.2 Å². The molecule has 6 heteroatoms. The quantitative estimate of drug-likeness (QED) is 0.844. The average Bonchev–Trinajstić information content (AvgIpc) is 2.91. The van der Waals surface area contributed by atoms with Crippen LogP contribution in [-0.4, -0.2) is 32.2 Å². The predicted octanol–water partition coefficient (Wildman–Crippen LogP) is 2.21. The fourth-order valence-corrected chi connectivity index (χ4v) is 1.79. The van der Waals surface area contributed by atoms with Crippen LogP contribution in [0.15, 0.2) is 30.9 Å². The molecule has 2 heterocycles. The molecule has 0 aromatic carbocycles. The number of anilines is 1. The van der Waals surface area contributed by atoms with Gasteiger partial charge in [0.15, 0.2) is 0 Å². The van der Waals surface area contributed by atoms with Gasteiger partial charge in [-0.25, -0.2) is 14.8 Å². The van der Waals surface area contributed by atoms with E-state index in [-0.39, 0.29) is 11.5 Å². The second kappa shape index (κ2) is 6.18. The van der Waals surface area contributed by atoms with Gasteiger partial charge in [0.25, 0.3) is 0 Å². The minimum atomic E-state index is -0.938. The lowest BCUT2D eigenvalue weighted by atomic mass is 10.1. The molecule has 0 aliphatic heterocycles. The Bertz CT molecular complexity index is 579. The van der Waals surface area contributed by atoms with E-state index in [1.165, 1.54) is 0 Å². The highest BCUT2D eigenvalue weighted by atomic mass is 16.4. The van der Waals surface area contributed by atoms with Crippen LogP contribution in [0, 0.1) is 0 Å². The third-order valence-corrected chi connectivity index (χ3v) is 2.92. The summed E-state index contributed by atoms with van der Waals surface area (Å²) in [5.74, 6) is -0.163. The Balaban J connectivity index is 2.07. The minimum Gasteiger partial charge on any atom is -0.478 e. The van der Waals surface area contributed by atoms with Gasteiger partial charge in [-0.1, -0.05) is 13.8 Å². The Morgan fingerprint density at radius 3 is 2.85 bits per heavy atom. The predicted molar refractivity (Wildman–Crippen MR) is 76.0 cm³/mol. The Labute approximate surface area is 117 Å². The highest BCUT2D eigenvalue weighted by Crippen LogP contribution is 2.17. The highest BCUT2D eigenvalue weighted by Gasteiger charge is 2.10. The molecule has 2 aromatic rings. The number of nitrogens with one attached hydrogen (secondary N) is 1. The van der Waals surface area contributed by atoms with Crippen molar-refractivity contribution in [3.63, 3.8) is 0 Å². The number of pyridine rings is 1. The number of carboxylic acid groups (broad SMARTS) is 1. The summed E-state index contributed by atoms with van der Waals surface area (Å²) in [7, 11) is 0. The van der Waals surface area contributed by atoms with Gasteiger partial charge < -0.3 is 15.0 Å². The molecule has 2 N–H and O–H groups in total. The summed E-state index contributed by atoms with van der Waals surface area (Å²) >= 11 is 0. The zero-order chi connectivity index (χ0) is 14.5. The topological polar surface area (TPSA) is 80.0 Å². The van der Waals surface area contributed by atoms with E-state index >= 15 is 0 Å². The fourth-order valence-electron chi connectivity index (χ4n) is 1.79. The lowest BCUT2D eigenvalue weighted by Crippen LogP contribution is -2.12. The number of hydrogen-bond acceptors (Lipinski definition) is 4. The smallest absolute Gasteiger partial charge is 0.335 e. The molecule has 0 aliphatic carbocycles. The van der Waals surface area contributed by atoms with E-state index < -0.39 is 5.97 Å². The maximum atomic E-state index is 11.1. The van der Waals surface area contributed by atoms with Crippen LogP contribution >= 0.6 is 0 Å². The van der Waals surface area contributed by atoms with Crippen molar-refractivity contribution in [1.29, 1.82) is 0 Å². The standard InChI is InChI=1S/C14H18N4O2/c1-10(2)12-7-11(14(19)20)8-13(17-12)16-4-6-18-5-3-15-9-18/h3,5,7-10H,4,6H2,1-2H3,(H,16,17)(H,19,20). The average molecular weight is 274 g/mol. The van der Waals surface area contributed by atoms with Gasteiger partial charge in [0.05, 0.1) is 11.9 Å². The van der Waals surface area contributed by atoms with Crippen molar-refractivity contribution in [2.45, 2.75) is 26.3 Å². The molecule has 2 aromatic heterocycles. The minimum absolute atomic E-state index is 0.184. The van der Waals surface area contributed by atoms with Gasteiger partial charge >= 0.3 is 5.97 Å². The molecule has 0 saturated heterocycles. The monoisotopic (exact) mass is 274 g/mol. The Kier molecular flexibility index (Phi) is 4.34. The van der Waals surface area contributed by atoms with E-state index in [1.54, 1.807) is 24.7 Å². The van der Waals surface area contributed by atoms with Gasteiger partial charge in [0.1, 0.15) is 5.82 Å². The lowest BCUT2D eigenvalue weighted by Gasteiger charge is -2.11. The van der Waals surface area contributed by atoms with E-state index in [9.17, 15) is 4.79 Å². The van der Waals surface area contributed by atoms with Crippen molar-refractivity contribution in [3.8, 4) is 0 Å². The van der Waals surface area contributed by atoms with E-state index in [2.05, 4.69) is 15.3 Å². The van der Waals surface area contributed by atoms with Crippen LogP contribution in [0.4, 0.5) is 5.82 Å². The number of carbonyl (C=O) groups is 1. The highest BCUT2D eigenvalue weighted by molar-refractivity contribution is 5.88. The van der Waals surface area contributed by atoms with Gasteiger partial charge in [0.2, 0.25) is 0 Å². The summed E-state index contributed by atoms with van der Waals surface area (Å²) < 4.78 is 1.94. The fraction of sp³-hybridized carbons (Fsp3) is 0.357. The SMILES string of the molecule is CC(C)c1cc(C(=O)O)cc(NCCn2ccnc2)n1. The first kappa shape index (κ1) is 14.0. The number of aromatic carboxylic acids is 1. The van der Waals surface area contributed by atoms with Crippen molar-refractivity contribution in [2.24, 2.45) is 0 Å². The van der Waals surface area contributed by atoms with Gasteiger partial charge in [-0.2, -0.15) is 0 Å². The Morgan fingerprint density at radius 1 is 1.45 bits per heavy atom. The summed E-state index contributed by atoms with van der Waals surface area (Å²) in [6.07, 6.45) is 5.34. The number of nitrogens with zero attached hydrogens (tertiary/aromatic N) is 3. The van der Waals surface area contributed by atoms with Crippen molar-refractivity contribution in [2.75, 3.05) is 11.9 Å². The molecule has 0 saturated carbocycles. The molecule has 106 valence electrons. The van der Waals surface area contributed by atoms with Crippen LogP contribution in [0.25, 0.3) is 0 Å². The van der Waals surface area contributed by atoms with Gasteiger partial charge in [-0.3, -0.25) is 0 Å². The van der Waals surface area contributed by atoms with E-state index in [1.807, 2.05) is 24.6 Å². The molecule has 0 atom stereocenters. The maximum absolute atomic E-state index is 11.1. The maximum Gasteiger partial charge on any atom is 0.335 e. The summed E-state index contributed by atoms with van der Waals surface area (Å²) in [5.41, 5.74) is 1.03. The zero-order valence-electron chi connectivity index (χ0n) is 11.6. The summed E-state index contributed by atoms with van der Waals surface area (Å²) in [4.78, 5) is 19.5. The Morgan fingerprint density at radius 2 is 2.25 bits per heavy atom.